The third-order valence-corrected chi connectivity index (χ3v) is 2.76. The van der Waals surface area contributed by atoms with Crippen LogP contribution in [0, 0.1) is 13.8 Å². The van der Waals surface area contributed by atoms with Crippen molar-refractivity contribution in [1.29, 1.82) is 0 Å². The molecule has 1 unspecified atom stereocenters. The monoisotopic (exact) mass is 209 g/mol. The molecule has 0 aliphatic carbocycles. The first kappa shape index (κ1) is 10.3. The molecule has 4 heteroatoms. The molecule has 2 rings (SSSR count). The molecular formula is C11H15NO3. The Bertz CT molecular complexity index is 390. The van der Waals surface area contributed by atoms with E-state index in [2.05, 4.69) is 0 Å². The van der Waals surface area contributed by atoms with Gasteiger partial charge in [-0.1, -0.05) is 0 Å². The summed E-state index contributed by atoms with van der Waals surface area (Å²) in [7, 11) is 0. The van der Waals surface area contributed by atoms with Crippen molar-refractivity contribution in [2.45, 2.75) is 20.0 Å². The second-order valence-corrected chi connectivity index (χ2v) is 3.72. The molecule has 0 spiro atoms. The van der Waals surface area contributed by atoms with Gasteiger partial charge in [-0.2, -0.15) is 0 Å². The first-order valence-electron chi connectivity index (χ1n) is 4.93. The number of nitrogens with two attached hydrogens (primary N) is 1. The Morgan fingerprint density at radius 1 is 1.40 bits per heavy atom. The Morgan fingerprint density at radius 3 is 2.73 bits per heavy atom. The molecule has 1 aliphatic rings. The highest BCUT2D eigenvalue weighted by Gasteiger charge is 2.24. The molecule has 1 heterocycles. The lowest BCUT2D eigenvalue weighted by Gasteiger charge is -2.14. The molecule has 0 bridgehead atoms. The van der Waals surface area contributed by atoms with E-state index in [1.807, 2.05) is 19.9 Å². The van der Waals surface area contributed by atoms with E-state index in [-0.39, 0.29) is 13.3 Å². The molecule has 0 radical (unpaired) electrons. The molecule has 1 aromatic rings. The summed E-state index contributed by atoms with van der Waals surface area (Å²) < 4.78 is 10.7. The number of aliphatic hydroxyl groups excluding tert-OH is 1. The Balaban J connectivity index is 2.57. The fourth-order valence-corrected chi connectivity index (χ4v) is 1.73. The van der Waals surface area contributed by atoms with E-state index in [9.17, 15) is 5.11 Å². The molecule has 0 saturated carbocycles. The van der Waals surface area contributed by atoms with Crippen molar-refractivity contribution in [3.63, 3.8) is 0 Å². The van der Waals surface area contributed by atoms with Crippen LogP contribution in [0.15, 0.2) is 6.07 Å². The molecule has 0 aromatic heterocycles. The SMILES string of the molecule is Cc1cc(C(O)CN)c2c(c1C)OCO2. The summed E-state index contributed by atoms with van der Waals surface area (Å²) in [5, 5.41) is 9.75. The summed E-state index contributed by atoms with van der Waals surface area (Å²) in [4.78, 5) is 0. The number of aliphatic hydroxyl groups is 1. The van der Waals surface area contributed by atoms with Gasteiger partial charge in [0.2, 0.25) is 6.79 Å². The highest BCUT2D eigenvalue weighted by atomic mass is 16.7. The number of ether oxygens (including phenoxy) is 2. The Morgan fingerprint density at radius 2 is 2.07 bits per heavy atom. The van der Waals surface area contributed by atoms with Crippen LogP contribution in [-0.2, 0) is 0 Å². The van der Waals surface area contributed by atoms with Crippen molar-refractivity contribution in [1.82, 2.24) is 0 Å². The molecule has 0 saturated heterocycles. The molecule has 4 nitrogen and oxygen atoms in total. The van der Waals surface area contributed by atoms with Crippen LogP contribution in [0.25, 0.3) is 0 Å². The van der Waals surface area contributed by atoms with Gasteiger partial charge in [-0.3, -0.25) is 0 Å². The third kappa shape index (κ3) is 1.56. The predicted molar refractivity (Wildman–Crippen MR) is 56.1 cm³/mol. The minimum atomic E-state index is -0.695. The minimum Gasteiger partial charge on any atom is -0.453 e. The number of hydrogen-bond donors (Lipinski definition) is 2. The smallest absolute Gasteiger partial charge is 0.231 e. The lowest BCUT2D eigenvalue weighted by atomic mass is 10.00. The van der Waals surface area contributed by atoms with Crippen molar-refractivity contribution in [2.24, 2.45) is 5.73 Å². The van der Waals surface area contributed by atoms with Crippen LogP contribution in [0.5, 0.6) is 11.5 Å². The zero-order chi connectivity index (χ0) is 11.0. The third-order valence-electron chi connectivity index (χ3n) is 2.76. The van der Waals surface area contributed by atoms with Gasteiger partial charge >= 0.3 is 0 Å². The second kappa shape index (κ2) is 3.72. The molecule has 3 N–H and O–H groups in total. The molecule has 82 valence electrons. The van der Waals surface area contributed by atoms with Gasteiger partial charge in [-0.05, 0) is 31.0 Å². The summed E-state index contributed by atoms with van der Waals surface area (Å²) in [6.07, 6.45) is -0.695. The van der Waals surface area contributed by atoms with Gasteiger partial charge in [-0.25, -0.2) is 0 Å². The number of rotatable bonds is 2. The average molecular weight is 209 g/mol. The summed E-state index contributed by atoms with van der Waals surface area (Å²) in [5.41, 5.74) is 8.28. The van der Waals surface area contributed by atoms with Gasteiger partial charge in [0, 0.05) is 12.1 Å². The fraction of sp³-hybridized carbons (Fsp3) is 0.455. The van der Waals surface area contributed by atoms with Crippen LogP contribution >= 0.6 is 0 Å². The second-order valence-electron chi connectivity index (χ2n) is 3.72. The topological polar surface area (TPSA) is 64.7 Å². The number of hydrogen-bond acceptors (Lipinski definition) is 4. The van der Waals surface area contributed by atoms with E-state index >= 15 is 0 Å². The van der Waals surface area contributed by atoms with Crippen LogP contribution in [0.1, 0.15) is 22.8 Å². The number of aryl methyl sites for hydroxylation is 1. The van der Waals surface area contributed by atoms with Crippen LogP contribution in [-0.4, -0.2) is 18.4 Å². The van der Waals surface area contributed by atoms with E-state index in [4.69, 9.17) is 15.2 Å². The Kier molecular flexibility index (Phi) is 2.54. The largest absolute Gasteiger partial charge is 0.453 e. The van der Waals surface area contributed by atoms with Gasteiger partial charge in [0.25, 0.3) is 0 Å². The zero-order valence-electron chi connectivity index (χ0n) is 8.91. The average Bonchev–Trinajstić information content (AvgIpc) is 2.71. The molecule has 15 heavy (non-hydrogen) atoms. The maximum absolute atomic E-state index is 9.75. The Hall–Kier alpha value is -1.26. The summed E-state index contributed by atoms with van der Waals surface area (Å²) in [5.74, 6) is 1.37. The zero-order valence-corrected chi connectivity index (χ0v) is 8.91. The van der Waals surface area contributed by atoms with Gasteiger partial charge in [0.15, 0.2) is 11.5 Å². The highest BCUT2D eigenvalue weighted by Crippen LogP contribution is 2.42. The van der Waals surface area contributed by atoms with E-state index in [0.717, 1.165) is 16.9 Å². The quantitative estimate of drug-likeness (QED) is 0.763. The minimum absolute atomic E-state index is 0.179. The van der Waals surface area contributed by atoms with E-state index in [0.29, 0.717) is 11.3 Å². The standard InChI is InChI=1S/C11H15NO3/c1-6-3-8(9(13)4-12)11-10(7(6)2)14-5-15-11/h3,9,13H,4-5,12H2,1-2H3. The van der Waals surface area contributed by atoms with Crippen molar-refractivity contribution < 1.29 is 14.6 Å². The highest BCUT2D eigenvalue weighted by molar-refractivity contribution is 5.56. The maximum atomic E-state index is 9.75. The molecule has 1 aromatic carbocycles. The lowest BCUT2D eigenvalue weighted by Crippen LogP contribution is -2.12. The predicted octanol–water partition coefficient (Wildman–Crippen LogP) is 1.02. The first-order chi connectivity index (χ1) is 7.15. The lowest BCUT2D eigenvalue weighted by molar-refractivity contribution is 0.160. The number of fused-ring (bicyclic) bond motifs is 1. The summed E-state index contributed by atoms with van der Waals surface area (Å²) in [6, 6.07) is 1.90. The number of benzene rings is 1. The van der Waals surface area contributed by atoms with E-state index < -0.39 is 6.10 Å². The van der Waals surface area contributed by atoms with Crippen LogP contribution in [0.2, 0.25) is 0 Å². The normalized spacial score (nSPS) is 15.5. The van der Waals surface area contributed by atoms with Crippen molar-refractivity contribution >= 4 is 0 Å². The van der Waals surface area contributed by atoms with Crippen molar-refractivity contribution in [3.8, 4) is 11.5 Å². The molecular weight excluding hydrogens is 194 g/mol. The Labute approximate surface area is 88.6 Å². The van der Waals surface area contributed by atoms with E-state index in [1.54, 1.807) is 0 Å². The summed E-state index contributed by atoms with van der Waals surface area (Å²) in [6.45, 7) is 4.34. The van der Waals surface area contributed by atoms with Gasteiger partial charge in [0.1, 0.15) is 0 Å². The molecule has 0 fully saturated rings. The van der Waals surface area contributed by atoms with Gasteiger partial charge in [0.05, 0.1) is 6.10 Å². The van der Waals surface area contributed by atoms with Crippen molar-refractivity contribution in [2.75, 3.05) is 13.3 Å². The van der Waals surface area contributed by atoms with Crippen LogP contribution < -0.4 is 15.2 Å². The van der Waals surface area contributed by atoms with Crippen LogP contribution in [0.4, 0.5) is 0 Å². The van der Waals surface area contributed by atoms with Gasteiger partial charge < -0.3 is 20.3 Å². The summed E-state index contributed by atoms with van der Waals surface area (Å²) >= 11 is 0. The van der Waals surface area contributed by atoms with E-state index in [1.165, 1.54) is 0 Å². The molecule has 0 amide bonds. The van der Waals surface area contributed by atoms with Crippen molar-refractivity contribution in [3.05, 3.63) is 22.8 Å². The molecule has 1 atom stereocenters. The fourth-order valence-electron chi connectivity index (χ4n) is 1.73. The van der Waals surface area contributed by atoms with Gasteiger partial charge in [-0.15, -0.1) is 0 Å². The van der Waals surface area contributed by atoms with Crippen LogP contribution in [0.3, 0.4) is 0 Å². The molecule has 1 aliphatic heterocycles. The first-order valence-corrected chi connectivity index (χ1v) is 4.93. The maximum Gasteiger partial charge on any atom is 0.231 e.